The smallest absolute Gasteiger partial charge is 0.128 e. The average Bonchev–Trinajstić information content (AvgIpc) is 2.52. The molecule has 0 spiro atoms. The van der Waals surface area contributed by atoms with Gasteiger partial charge in [-0.15, -0.1) is 0 Å². The third-order valence-electron chi connectivity index (χ3n) is 3.05. The minimum absolute atomic E-state index is 0.359. The van der Waals surface area contributed by atoms with Crippen molar-refractivity contribution in [3.05, 3.63) is 58.1 Å². The molecule has 4 nitrogen and oxygen atoms in total. The van der Waals surface area contributed by atoms with Crippen LogP contribution in [0.1, 0.15) is 18.1 Å². The van der Waals surface area contributed by atoms with Gasteiger partial charge in [0, 0.05) is 15.6 Å². The molecular formula is C16H16BrNO3. The lowest BCUT2D eigenvalue weighted by atomic mass is 10.1. The summed E-state index contributed by atoms with van der Waals surface area (Å²) < 4.78 is 12.1. The Morgan fingerprint density at radius 1 is 1.19 bits per heavy atom. The van der Waals surface area contributed by atoms with Gasteiger partial charge in [-0.3, -0.25) is 0 Å². The second kappa shape index (κ2) is 7.13. The number of oxime groups is 1. The summed E-state index contributed by atoms with van der Waals surface area (Å²) in [5.41, 5.74) is 2.20. The zero-order valence-electron chi connectivity index (χ0n) is 11.8. The zero-order chi connectivity index (χ0) is 15.2. The van der Waals surface area contributed by atoms with Crippen LogP contribution in [0.15, 0.2) is 52.1 Å². The van der Waals surface area contributed by atoms with Crippen LogP contribution in [0, 0.1) is 0 Å². The molecule has 21 heavy (non-hydrogen) atoms. The lowest BCUT2D eigenvalue weighted by Crippen LogP contribution is -2.03. The molecule has 0 fully saturated rings. The minimum atomic E-state index is 0.359. The molecule has 0 unspecified atom stereocenters. The molecule has 5 heteroatoms. The van der Waals surface area contributed by atoms with Gasteiger partial charge < -0.3 is 14.7 Å². The maximum atomic E-state index is 8.92. The van der Waals surface area contributed by atoms with Crippen molar-refractivity contribution >= 4 is 21.6 Å². The van der Waals surface area contributed by atoms with Gasteiger partial charge in [0.15, 0.2) is 0 Å². The highest BCUT2D eigenvalue weighted by molar-refractivity contribution is 9.10. The van der Waals surface area contributed by atoms with E-state index < -0.39 is 0 Å². The van der Waals surface area contributed by atoms with E-state index in [1.807, 2.05) is 42.5 Å². The summed E-state index contributed by atoms with van der Waals surface area (Å²) in [4.78, 5) is 0. The number of methoxy groups -OCH3 is 1. The van der Waals surface area contributed by atoms with Crippen molar-refractivity contribution in [3.8, 4) is 11.5 Å². The second-order valence-corrected chi connectivity index (χ2v) is 5.34. The number of para-hydroxylation sites is 1. The van der Waals surface area contributed by atoms with E-state index in [0.717, 1.165) is 21.3 Å². The number of benzene rings is 2. The molecule has 0 heterocycles. The molecule has 2 rings (SSSR count). The van der Waals surface area contributed by atoms with Gasteiger partial charge in [-0.25, -0.2) is 0 Å². The SMILES string of the molecule is COc1ccc(Br)cc1COc1ccccc1C(C)=NO. The number of halogens is 1. The van der Waals surface area contributed by atoms with Gasteiger partial charge in [0.25, 0.3) is 0 Å². The Bertz CT molecular complexity index is 656. The third-order valence-corrected chi connectivity index (χ3v) is 3.55. The molecule has 0 saturated heterocycles. The first-order valence-electron chi connectivity index (χ1n) is 6.39. The highest BCUT2D eigenvalue weighted by atomic mass is 79.9. The summed E-state index contributed by atoms with van der Waals surface area (Å²) >= 11 is 3.44. The monoisotopic (exact) mass is 349 g/mol. The number of ether oxygens (including phenoxy) is 2. The van der Waals surface area contributed by atoms with Crippen LogP contribution in [0.3, 0.4) is 0 Å². The fourth-order valence-electron chi connectivity index (χ4n) is 1.96. The maximum Gasteiger partial charge on any atom is 0.128 e. The van der Waals surface area contributed by atoms with Crippen molar-refractivity contribution < 1.29 is 14.7 Å². The topological polar surface area (TPSA) is 51.0 Å². The largest absolute Gasteiger partial charge is 0.496 e. The fraction of sp³-hybridized carbons (Fsp3) is 0.188. The summed E-state index contributed by atoms with van der Waals surface area (Å²) in [6.45, 7) is 2.08. The molecule has 0 aliphatic heterocycles. The summed E-state index contributed by atoms with van der Waals surface area (Å²) in [5.74, 6) is 1.43. The molecular weight excluding hydrogens is 334 g/mol. The van der Waals surface area contributed by atoms with Gasteiger partial charge in [-0.2, -0.15) is 0 Å². The van der Waals surface area contributed by atoms with E-state index >= 15 is 0 Å². The number of hydrogen-bond donors (Lipinski definition) is 1. The highest BCUT2D eigenvalue weighted by Gasteiger charge is 2.09. The van der Waals surface area contributed by atoms with Crippen molar-refractivity contribution in [1.29, 1.82) is 0 Å². The summed E-state index contributed by atoms with van der Waals surface area (Å²) in [5, 5.41) is 12.1. The van der Waals surface area contributed by atoms with Crippen molar-refractivity contribution in [3.63, 3.8) is 0 Å². The van der Waals surface area contributed by atoms with Gasteiger partial charge in [0.05, 0.1) is 12.8 Å². The summed E-state index contributed by atoms with van der Waals surface area (Å²) in [6, 6.07) is 13.2. The minimum Gasteiger partial charge on any atom is -0.496 e. The van der Waals surface area contributed by atoms with Gasteiger partial charge >= 0.3 is 0 Å². The fourth-order valence-corrected chi connectivity index (χ4v) is 2.37. The van der Waals surface area contributed by atoms with Crippen LogP contribution in [-0.4, -0.2) is 18.0 Å². The Labute approximate surface area is 132 Å². The number of hydrogen-bond acceptors (Lipinski definition) is 4. The molecule has 0 saturated carbocycles. The van der Waals surface area contributed by atoms with Gasteiger partial charge in [0.2, 0.25) is 0 Å². The molecule has 0 aliphatic rings. The van der Waals surface area contributed by atoms with E-state index in [4.69, 9.17) is 14.7 Å². The van der Waals surface area contributed by atoms with Crippen molar-refractivity contribution in [2.24, 2.45) is 5.16 Å². The Balaban J connectivity index is 2.23. The molecule has 0 bridgehead atoms. The van der Waals surface area contributed by atoms with Crippen LogP contribution in [0.5, 0.6) is 11.5 Å². The zero-order valence-corrected chi connectivity index (χ0v) is 13.4. The first-order chi connectivity index (χ1) is 10.2. The Morgan fingerprint density at radius 3 is 2.67 bits per heavy atom. The van der Waals surface area contributed by atoms with E-state index in [1.165, 1.54) is 0 Å². The standard InChI is InChI=1S/C16H16BrNO3/c1-11(18-19)14-5-3-4-6-16(14)21-10-12-9-13(17)7-8-15(12)20-2/h3-9,19H,10H2,1-2H3. The van der Waals surface area contributed by atoms with Gasteiger partial charge in [-0.1, -0.05) is 33.2 Å². The van der Waals surface area contributed by atoms with E-state index in [1.54, 1.807) is 14.0 Å². The lowest BCUT2D eigenvalue weighted by molar-refractivity contribution is 0.294. The van der Waals surface area contributed by atoms with Crippen LogP contribution in [0.2, 0.25) is 0 Å². The molecule has 0 atom stereocenters. The van der Waals surface area contributed by atoms with Gasteiger partial charge in [-0.05, 0) is 37.3 Å². The Hall–Kier alpha value is -2.01. The van der Waals surface area contributed by atoms with Crippen LogP contribution in [0.4, 0.5) is 0 Å². The van der Waals surface area contributed by atoms with E-state index in [0.29, 0.717) is 18.1 Å². The van der Waals surface area contributed by atoms with E-state index in [2.05, 4.69) is 21.1 Å². The predicted molar refractivity (Wildman–Crippen MR) is 85.5 cm³/mol. The molecule has 0 aliphatic carbocycles. The van der Waals surface area contributed by atoms with Crippen LogP contribution in [0.25, 0.3) is 0 Å². The van der Waals surface area contributed by atoms with Crippen LogP contribution >= 0.6 is 15.9 Å². The number of rotatable bonds is 5. The molecule has 1 N–H and O–H groups in total. The summed E-state index contributed by atoms with van der Waals surface area (Å²) in [6.07, 6.45) is 0. The molecule has 0 aromatic heterocycles. The molecule has 2 aromatic rings. The third kappa shape index (κ3) is 3.76. The quantitative estimate of drug-likeness (QED) is 0.499. The highest BCUT2D eigenvalue weighted by Crippen LogP contribution is 2.26. The molecule has 110 valence electrons. The lowest BCUT2D eigenvalue weighted by Gasteiger charge is -2.13. The second-order valence-electron chi connectivity index (χ2n) is 4.43. The van der Waals surface area contributed by atoms with Crippen molar-refractivity contribution in [1.82, 2.24) is 0 Å². The Morgan fingerprint density at radius 2 is 1.95 bits per heavy atom. The predicted octanol–water partition coefficient (Wildman–Crippen LogP) is 4.23. The van der Waals surface area contributed by atoms with Crippen LogP contribution in [-0.2, 0) is 6.61 Å². The van der Waals surface area contributed by atoms with Gasteiger partial charge in [0.1, 0.15) is 18.1 Å². The van der Waals surface area contributed by atoms with E-state index in [9.17, 15) is 0 Å². The average molecular weight is 350 g/mol. The molecule has 2 aromatic carbocycles. The Kier molecular flexibility index (Phi) is 5.22. The normalized spacial score (nSPS) is 11.3. The molecule has 0 radical (unpaired) electrons. The van der Waals surface area contributed by atoms with E-state index in [-0.39, 0.29) is 0 Å². The first kappa shape index (κ1) is 15.4. The maximum absolute atomic E-state index is 8.92. The van der Waals surface area contributed by atoms with Crippen molar-refractivity contribution in [2.45, 2.75) is 13.5 Å². The van der Waals surface area contributed by atoms with Crippen molar-refractivity contribution in [2.75, 3.05) is 7.11 Å². The first-order valence-corrected chi connectivity index (χ1v) is 7.18. The van der Waals surface area contributed by atoms with Crippen LogP contribution < -0.4 is 9.47 Å². The number of nitrogens with zero attached hydrogens (tertiary/aromatic N) is 1. The molecule has 0 amide bonds. The summed E-state index contributed by atoms with van der Waals surface area (Å²) in [7, 11) is 1.63.